The van der Waals surface area contributed by atoms with Crippen LogP contribution in [0.4, 0.5) is 0 Å². The van der Waals surface area contributed by atoms with E-state index in [2.05, 4.69) is 0 Å². The molecule has 68 valence electrons. The van der Waals surface area contributed by atoms with Crippen LogP contribution < -0.4 is 0 Å². The lowest BCUT2D eigenvalue weighted by molar-refractivity contribution is 0.502. The highest BCUT2D eigenvalue weighted by Gasteiger charge is 2.21. The minimum atomic E-state index is -3.01. The van der Waals surface area contributed by atoms with E-state index in [1.807, 2.05) is 6.92 Å². The quantitative estimate of drug-likeness (QED) is 0.647. The third kappa shape index (κ3) is 2.79. The van der Waals surface area contributed by atoms with Crippen molar-refractivity contribution >= 4 is 10.0 Å². The molecule has 0 rings (SSSR count). The van der Waals surface area contributed by atoms with Crippen LogP contribution in [0.15, 0.2) is 0 Å². The van der Waals surface area contributed by atoms with E-state index in [4.69, 9.17) is 0 Å². The number of hydrogen-bond acceptors (Lipinski definition) is 2. The summed E-state index contributed by atoms with van der Waals surface area (Å²) in [5, 5.41) is -0.248. The molecule has 0 aliphatic rings. The summed E-state index contributed by atoms with van der Waals surface area (Å²) in [4.78, 5) is 0. The zero-order valence-corrected chi connectivity index (χ0v) is 8.48. The Bertz CT molecular complexity index is 196. The molecule has 0 N–H and O–H groups in total. The van der Waals surface area contributed by atoms with Crippen molar-refractivity contribution < 1.29 is 8.42 Å². The second-order valence-corrected chi connectivity index (χ2v) is 5.49. The lowest BCUT2D eigenvalue weighted by atomic mass is 10.3. The summed E-state index contributed by atoms with van der Waals surface area (Å²) in [5.41, 5.74) is 0. The fourth-order valence-corrected chi connectivity index (χ4v) is 2.17. The van der Waals surface area contributed by atoms with Crippen molar-refractivity contribution in [1.82, 2.24) is 4.31 Å². The van der Waals surface area contributed by atoms with Gasteiger partial charge in [-0.2, -0.15) is 0 Å². The van der Waals surface area contributed by atoms with Crippen molar-refractivity contribution in [3.05, 3.63) is 0 Å². The molecule has 0 bridgehead atoms. The molecule has 0 spiro atoms. The van der Waals surface area contributed by atoms with Gasteiger partial charge in [-0.15, -0.1) is 0 Å². The lowest BCUT2D eigenvalue weighted by Gasteiger charge is -2.16. The van der Waals surface area contributed by atoms with Crippen LogP contribution in [-0.4, -0.2) is 32.1 Å². The Hall–Kier alpha value is -0.0900. The lowest BCUT2D eigenvalue weighted by Crippen LogP contribution is -2.31. The second-order valence-electron chi connectivity index (χ2n) is 2.93. The molecule has 0 aromatic heterocycles. The summed E-state index contributed by atoms with van der Waals surface area (Å²) in [5.74, 6) is 0. The highest BCUT2D eigenvalue weighted by molar-refractivity contribution is 7.89. The summed E-state index contributed by atoms with van der Waals surface area (Å²) in [6.07, 6.45) is 1.65. The van der Waals surface area contributed by atoms with Crippen LogP contribution in [0.3, 0.4) is 0 Å². The van der Waals surface area contributed by atoms with Crippen LogP contribution in [0.5, 0.6) is 0 Å². The molecule has 0 aromatic carbocycles. The molecule has 0 saturated heterocycles. The minimum Gasteiger partial charge on any atom is -0.212 e. The molecule has 1 unspecified atom stereocenters. The Morgan fingerprint density at radius 2 is 1.82 bits per heavy atom. The molecule has 3 nitrogen and oxygen atoms in total. The van der Waals surface area contributed by atoms with Crippen molar-refractivity contribution in [3.8, 4) is 0 Å². The van der Waals surface area contributed by atoms with Crippen molar-refractivity contribution in [3.63, 3.8) is 0 Å². The molecule has 11 heavy (non-hydrogen) atoms. The third-order valence-corrected chi connectivity index (χ3v) is 3.98. The SMILES string of the molecule is CCCC(C)S(=O)(=O)N(C)C. The van der Waals surface area contributed by atoms with E-state index in [-0.39, 0.29) is 5.25 Å². The van der Waals surface area contributed by atoms with Gasteiger partial charge >= 0.3 is 0 Å². The Balaban J connectivity index is 4.32. The van der Waals surface area contributed by atoms with E-state index in [0.717, 1.165) is 12.8 Å². The van der Waals surface area contributed by atoms with E-state index in [9.17, 15) is 8.42 Å². The first-order chi connectivity index (χ1) is 4.92. The van der Waals surface area contributed by atoms with E-state index >= 15 is 0 Å². The molecule has 0 fully saturated rings. The summed E-state index contributed by atoms with van der Waals surface area (Å²) in [6, 6.07) is 0. The maximum Gasteiger partial charge on any atom is 0.216 e. The molecule has 0 aliphatic carbocycles. The van der Waals surface area contributed by atoms with Gasteiger partial charge in [-0.05, 0) is 13.3 Å². The van der Waals surface area contributed by atoms with E-state index < -0.39 is 10.0 Å². The van der Waals surface area contributed by atoms with Crippen molar-refractivity contribution in [2.75, 3.05) is 14.1 Å². The number of nitrogens with zero attached hydrogens (tertiary/aromatic N) is 1. The zero-order chi connectivity index (χ0) is 9.07. The van der Waals surface area contributed by atoms with Gasteiger partial charge in [-0.1, -0.05) is 13.3 Å². The zero-order valence-electron chi connectivity index (χ0n) is 7.66. The van der Waals surface area contributed by atoms with Gasteiger partial charge in [-0.3, -0.25) is 0 Å². The molecule has 0 aromatic rings. The first kappa shape index (κ1) is 10.9. The maximum atomic E-state index is 11.3. The largest absolute Gasteiger partial charge is 0.216 e. The number of hydrogen-bond donors (Lipinski definition) is 0. The van der Waals surface area contributed by atoms with Gasteiger partial charge in [0.25, 0.3) is 0 Å². The van der Waals surface area contributed by atoms with Gasteiger partial charge in [0.05, 0.1) is 5.25 Å². The molecule has 0 amide bonds. The van der Waals surface area contributed by atoms with E-state index in [1.54, 1.807) is 21.0 Å². The van der Waals surface area contributed by atoms with Crippen molar-refractivity contribution in [2.24, 2.45) is 0 Å². The highest BCUT2D eigenvalue weighted by Crippen LogP contribution is 2.09. The number of sulfonamides is 1. The van der Waals surface area contributed by atoms with E-state index in [0.29, 0.717) is 0 Å². The summed E-state index contributed by atoms with van der Waals surface area (Å²) in [6.45, 7) is 3.74. The van der Waals surface area contributed by atoms with Gasteiger partial charge in [0.15, 0.2) is 0 Å². The molecule has 1 atom stereocenters. The van der Waals surface area contributed by atoms with E-state index in [1.165, 1.54) is 4.31 Å². The van der Waals surface area contributed by atoms with Gasteiger partial charge < -0.3 is 0 Å². The van der Waals surface area contributed by atoms with Crippen LogP contribution in [0, 0.1) is 0 Å². The van der Waals surface area contributed by atoms with Crippen LogP contribution in [0.25, 0.3) is 0 Å². The van der Waals surface area contributed by atoms with Crippen molar-refractivity contribution in [1.29, 1.82) is 0 Å². The van der Waals surface area contributed by atoms with Crippen LogP contribution >= 0.6 is 0 Å². The first-order valence-electron chi connectivity index (χ1n) is 3.84. The predicted molar refractivity (Wildman–Crippen MR) is 47.0 cm³/mol. The molecule has 0 saturated carbocycles. The molecular formula is C7H17NO2S. The molecule has 0 radical (unpaired) electrons. The highest BCUT2D eigenvalue weighted by atomic mass is 32.2. The summed E-state index contributed by atoms with van der Waals surface area (Å²) < 4.78 is 24.0. The Labute approximate surface area is 69.4 Å². The summed E-state index contributed by atoms with van der Waals surface area (Å²) >= 11 is 0. The van der Waals surface area contributed by atoms with Crippen molar-refractivity contribution in [2.45, 2.75) is 31.9 Å². The molecule has 0 heterocycles. The Morgan fingerprint density at radius 1 is 1.36 bits per heavy atom. The molecular weight excluding hydrogens is 162 g/mol. The average molecular weight is 179 g/mol. The average Bonchev–Trinajstić information content (AvgIpc) is 1.88. The first-order valence-corrected chi connectivity index (χ1v) is 5.34. The standard InChI is InChI=1S/C7H17NO2S/c1-5-6-7(2)11(9,10)8(3)4/h7H,5-6H2,1-4H3. The Kier molecular flexibility index (Phi) is 4.03. The Morgan fingerprint density at radius 3 is 2.09 bits per heavy atom. The predicted octanol–water partition coefficient (Wildman–Crippen LogP) is 1.07. The molecule has 0 aliphatic heterocycles. The fourth-order valence-electron chi connectivity index (χ4n) is 0.915. The smallest absolute Gasteiger partial charge is 0.212 e. The summed E-state index contributed by atoms with van der Waals surface area (Å²) in [7, 11) is 0.136. The van der Waals surface area contributed by atoms with Gasteiger partial charge in [0.2, 0.25) is 10.0 Å². The van der Waals surface area contributed by atoms with Crippen LogP contribution in [0.2, 0.25) is 0 Å². The third-order valence-electron chi connectivity index (χ3n) is 1.71. The minimum absolute atomic E-state index is 0.248. The topological polar surface area (TPSA) is 37.4 Å². The maximum absolute atomic E-state index is 11.3. The van der Waals surface area contributed by atoms with Crippen LogP contribution in [0.1, 0.15) is 26.7 Å². The second kappa shape index (κ2) is 4.07. The fraction of sp³-hybridized carbons (Fsp3) is 1.00. The van der Waals surface area contributed by atoms with Gasteiger partial charge in [0, 0.05) is 14.1 Å². The van der Waals surface area contributed by atoms with Crippen LogP contribution in [-0.2, 0) is 10.0 Å². The normalized spacial score (nSPS) is 15.4. The number of rotatable bonds is 4. The molecule has 4 heteroatoms. The monoisotopic (exact) mass is 179 g/mol. The van der Waals surface area contributed by atoms with Gasteiger partial charge in [-0.25, -0.2) is 12.7 Å². The van der Waals surface area contributed by atoms with Gasteiger partial charge in [0.1, 0.15) is 0 Å².